The fourth-order valence-corrected chi connectivity index (χ4v) is 3.48. The third-order valence-corrected chi connectivity index (χ3v) is 5.40. The van der Waals surface area contributed by atoms with Crippen LogP contribution in [0.3, 0.4) is 0 Å². The smallest absolute Gasteiger partial charge is 0.338 e. The molecule has 0 unspecified atom stereocenters. The highest BCUT2D eigenvalue weighted by atomic mass is 19.4. The number of nitrogens with one attached hydrogen (secondary N) is 1. The number of rotatable bonds is 6. The van der Waals surface area contributed by atoms with Crippen LogP contribution in [0.4, 0.5) is 37.8 Å². The number of aromatic nitrogens is 4. The van der Waals surface area contributed by atoms with Gasteiger partial charge in [-0.25, -0.2) is 15.0 Å². The Morgan fingerprint density at radius 1 is 0.917 bits per heavy atom. The molecule has 0 fully saturated rings. The van der Waals surface area contributed by atoms with Crippen molar-refractivity contribution < 1.29 is 26.3 Å². The summed E-state index contributed by atoms with van der Waals surface area (Å²) in [6, 6.07) is 8.74. The molecule has 3 heterocycles. The minimum atomic E-state index is -4.60. The lowest BCUT2D eigenvalue weighted by Gasteiger charge is -2.16. The van der Waals surface area contributed by atoms with Crippen molar-refractivity contribution in [1.29, 1.82) is 0 Å². The SMILES string of the molecule is CCN(C)Cc1nc(Nc2ccc(C(F)(F)F)nc2)c2ccc(-c3ncccc3C(F)(F)F)cc2n1. The van der Waals surface area contributed by atoms with Gasteiger partial charge in [0.05, 0.1) is 35.2 Å². The highest BCUT2D eigenvalue weighted by Crippen LogP contribution is 2.37. The largest absolute Gasteiger partial charge is 0.433 e. The summed E-state index contributed by atoms with van der Waals surface area (Å²) in [5, 5.41) is 3.42. The molecule has 6 nitrogen and oxygen atoms in total. The van der Waals surface area contributed by atoms with E-state index in [0.717, 1.165) is 18.3 Å². The van der Waals surface area contributed by atoms with Crippen molar-refractivity contribution in [3.8, 4) is 11.3 Å². The number of anilines is 2. The summed E-state index contributed by atoms with van der Waals surface area (Å²) in [5.74, 6) is 0.660. The lowest BCUT2D eigenvalue weighted by Crippen LogP contribution is -2.19. The first kappa shape index (κ1) is 25.3. The van der Waals surface area contributed by atoms with Crippen molar-refractivity contribution in [2.75, 3.05) is 18.9 Å². The summed E-state index contributed by atoms with van der Waals surface area (Å²) in [6.45, 7) is 2.97. The molecule has 4 aromatic rings. The lowest BCUT2D eigenvalue weighted by molar-refractivity contribution is -0.141. The van der Waals surface area contributed by atoms with E-state index in [2.05, 4.69) is 25.3 Å². The minimum Gasteiger partial charge on any atom is -0.338 e. The average Bonchev–Trinajstić information content (AvgIpc) is 2.83. The van der Waals surface area contributed by atoms with Gasteiger partial charge in [-0.15, -0.1) is 0 Å². The van der Waals surface area contributed by atoms with Crippen LogP contribution in [0.5, 0.6) is 0 Å². The van der Waals surface area contributed by atoms with E-state index in [-0.39, 0.29) is 22.8 Å². The number of hydrogen-bond donors (Lipinski definition) is 1. The van der Waals surface area contributed by atoms with Gasteiger partial charge in [-0.05, 0) is 50.0 Å². The molecule has 0 amide bonds. The zero-order valence-electron chi connectivity index (χ0n) is 19.1. The molecule has 3 aromatic heterocycles. The molecule has 0 bridgehead atoms. The van der Waals surface area contributed by atoms with Crippen LogP contribution in [0.1, 0.15) is 24.0 Å². The number of benzene rings is 1. The van der Waals surface area contributed by atoms with Gasteiger partial charge in [-0.3, -0.25) is 9.88 Å². The summed E-state index contributed by atoms with van der Waals surface area (Å²) in [6.07, 6.45) is -6.86. The summed E-state index contributed by atoms with van der Waals surface area (Å²) >= 11 is 0. The van der Waals surface area contributed by atoms with E-state index in [1.165, 1.54) is 30.5 Å². The molecule has 0 spiro atoms. The maximum atomic E-state index is 13.5. The molecule has 4 rings (SSSR count). The predicted octanol–water partition coefficient (Wildman–Crippen LogP) is 6.32. The van der Waals surface area contributed by atoms with Crippen LogP contribution < -0.4 is 5.32 Å². The summed E-state index contributed by atoms with van der Waals surface area (Å²) in [5.41, 5.74) is -1.33. The van der Waals surface area contributed by atoms with Crippen LogP contribution in [0.25, 0.3) is 22.2 Å². The van der Waals surface area contributed by atoms with Gasteiger partial charge in [0.2, 0.25) is 0 Å². The maximum Gasteiger partial charge on any atom is 0.433 e. The second-order valence-electron chi connectivity index (χ2n) is 8.00. The topological polar surface area (TPSA) is 66.8 Å². The van der Waals surface area contributed by atoms with Gasteiger partial charge in [0.15, 0.2) is 0 Å². The molecule has 0 saturated heterocycles. The molecular weight excluding hydrogens is 486 g/mol. The molecule has 0 aliphatic heterocycles. The zero-order chi connectivity index (χ0) is 26.1. The van der Waals surface area contributed by atoms with Crippen molar-refractivity contribution in [3.63, 3.8) is 0 Å². The molecule has 36 heavy (non-hydrogen) atoms. The molecule has 0 aliphatic rings. The molecule has 12 heteroatoms. The minimum absolute atomic E-state index is 0.214. The number of nitrogens with zero attached hydrogens (tertiary/aromatic N) is 5. The van der Waals surface area contributed by atoms with Gasteiger partial charge in [0, 0.05) is 17.1 Å². The van der Waals surface area contributed by atoms with Crippen LogP contribution in [0.2, 0.25) is 0 Å². The monoisotopic (exact) mass is 506 g/mol. The zero-order valence-corrected chi connectivity index (χ0v) is 19.1. The quantitative estimate of drug-likeness (QED) is 0.309. The summed E-state index contributed by atoms with van der Waals surface area (Å²) < 4.78 is 79.2. The van der Waals surface area contributed by atoms with Crippen molar-refractivity contribution in [3.05, 3.63) is 71.9 Å². The van der Waals surface area contributed by atoms with E-state index in [1.54, 1.807) is 6.07 Å². The fourth-order valence-electron chi connectivity index (χ4n) is 3.48. The molecule has 0 aliphatic carbocycles. The van der Waals surface area contributed by atoms with Gasteiger partial charge in [0.25, 0.3) is 0 Å². The third-order valence-electron chi connectivity index (χ3n) is 5.40. The normalized spacial score (nSPS) is 12.4. The first-order chi connectivity index (χ1) is 17.0. The third kappa shape index (κ3) is 5.54. The number of pyridine rings is 2. The molecule has 188 valence electrons. The average molecular weight is 506 g/mol. The first-order valence-corrected chi connectivity index (χ1v) is 10.8. The van der Waals surface area contributed by atoms with Crippen LogP contribution in [-0.4, -0.2) is 38.4 Å². The Hall–Kier alpha value is -3.80. The van der Waals surface area contributed by atoms with Crippen LogP contribution >= 0.6 is 0 Å². The van der Waals surface area contributed by atoms with Crippen molar-refractivity contribution in [2.45, 2.75) is 25.8 Å². The summed E-state index contributed by atoms with van der Waals surface area (Å²) in [4.78, 5) is 18.3. The maximum absolute atomic E-state index is 13.5. The standard InChI is InChI=1S/C24H20F6N6/c1-3-36(2)13-20-34-18-11-14(21-17(23(25,26)27)5-4-10-31-21)6-8-16(18)22(35-20)33-15-7-9-19(32-12-15)24(28,29)30/h4-12H,3,13H2,1-2H3,(H,33,34,35). The van der Waals surface area contributed by atoms with E-state index in [4.69, 9.17) is 0 Å². The van der Waals surface area contributed by atoms with Gasteiger partial charge in [0.1, 0.15) is 17.3 Å². The first-order valence-electron chi connectivity index (χ1n) is 10.8. The van der Waals surface area contributed by atoms with Crippen LogP contribution in [0, 0.1) is 0 Å². The number of fused-ring (bicyclic) bond motifs is 1. The molecular formula is C24H20F6N6. The molecule has 0 saturated carbocycles. The highest BCUT2D eigenvalue weighted by molar-refractivity contribution is 5.93. The number of halogens is 6. The molecule has 1 N–H and O–H groups in total. The molecule has 1 aromatic carbocycles. The second kappa shape index (κ2) is 9.69. The van der Waals surface area contributed by atoms with E-state index in [0.29, 0.717) is 29.8 Å². The molecule has 0 atom stereocenters. The molecule has 0 radical (unpaired) electrons. The van der Waals surface area contributed by atoms with Crippen molar-refractivity contribution >= 4 is 22.4 Å². The number of hydrogen-bond acceptors (Lipinski definition) is 6. The fraction of sp³-hybridized carbons (Fsp3) is 0.250. The lowest BCUT2D eigenvalue weighted by atomic mass is 10.0. The van der Waals surface area contributed by atoms with Crippen LogP contribution in [0.15, 0.2) is 54.9 Å². The van der Waals surface area contributed by atoms with E-state index in [9.17, 15) is 26.3 Å². The van der Waals surface area contributed by atoms with E-state index in [1.807, 2.05) is 18.9 Å². The van der Waals surface area contributed by atoms with E-state index < -0.39 is 23.6 Å². The Kier molecular flexibility index (Phi) is 6.81. The van der Waals surface area contributed by atoms with Crippen LogP contribution in [-0.2, 0) is 18.9 Å². The van der Waals surface area contributed by atoms with Gasteiger partial charge < -0.3 is 5.32 Å². The second-order valence-corrected chi connectivity index (χ2v) is 8.00. The van der Waals surface area contributed by atoms with Crippen molar-refractivity contribution in [1.82, 2.24) is 24.8 Å². The van der Waals surface area contributed by atoms with Gasteiger partial charge >= 0.3 is 12.4 Å². The Labute approximate surface area is 202 Å². The Morgan fingerprint density at radius 2 is 1.69 bits per heavy atom. The van der Waals surface area contributed by atoms with Gasteiger partial charge in [-0.1, -0.05) is 13.0 Å². The van der Waals surface area contributed by atoms with E-state index >= 15 is 0 Å². The highest BCUT2D eigenvalue weighted by Gasteiger charge is 2.34. The Balaban J connectivity index is 1.80. The predicted molar refractivity (Wildman–Crippen MR) is 122 cm³/mol. The Bertz CT molecular complexity index is 1370. The van der Waals surface area contributed by atoms with Crippen molar-refractivity contribution in [2.24, 2.45) is 0 Å². The Morgan fingerprint density at radius 3 is 2.33 bits per heavy atom. The van der Waals surface area contributed by atoms with Gasteiger partial charge in [-0.2, -0.15) is 26.3 Å². The number of alkyl halides is 6. The summed E-state index contributed by atoms with van der Waals surface area (Å²) in [7, 11) is 1.85.